The van der Waals surface area contributed by atoms with Crippen molar-refractivity contribution in [2.75, 3.05) is 11.8 Å². The molecule has 1 atom stereocenters. The van der Waals surface area contributed by atoms with Gasteiger partial charge in [0.2, 0.25) is 0 Å². The first-order valence-electron chi connectivity index (χ1n) is 4.93. The van der Waals surface area contributed by atoms with Crippen LogP contribution >= 0.6 is 0 Å². The first-order chi connectivity index (χ1) is 8.11. The number of anilines is 1. The monoisotopic (exact) mass is 235 g/mol. The maximum Gasteiger partial charge on any atom is 0.327 e. The molecular weight excluding hydrogens is 224 g/mol. The molecule has 0 saturated heterocycles. The van der Waals surface area contributed by atoms with E-state index in [0.717, 1.165) is 0 Å². The quantitative estimate of drug-likeness (QED) is 0.628. The van der Waals surface area contributed by atoms with Gasteiger partial charge in [0, 0.05) is 5.56 Å². The van der Waals surface area contributed by atoms with Crippen LogP contribution in [0.3, 0.4) is 0 Å². The highest BCUT2D eigenvalue weighted by atomic mass is 16.8. The first-order valence-corrected chi connectivity index (χ1v) is 4.93. The second-order valence-electron chi connectivity index (χ2n) is 3.15. The average Bonchev–Trinajstić information content (AvgIpc) is 2.31. The topological polar surface area (TPSA) is 96.6 Å². The summed E-state index contributed by atoms with van der Waals surface area (Å²) in [6.45, 7) is 1.75. The maximum absolute atomic E-state index is 11.5. The number of carbonyl (C=O) groups excluding carboxylic acids is 1. The van der Waals surface area contributed by atoms with Crippen LogP contribution in [0.5, 0.6) is 0 Å². The van der Waals surface area contributed by atoms with Gasteiger partial charge in [-0.05, 0) is 13.0 Å². The van der Waals surface area contributed by atoms with E-state index < -0.39 is 11.9 Å². The number of esters is 1. The van der Waals surface area contributed by atoms with Crippen molar-refractivity contribution in [1.82, 2.24) is 0 Å². The molecule has 0 radical (unpaired) electrons. The average molecular weight is 235 g/mol. The number of para-hydroxylation sites is 1. The van der Waals surface area contributed by atoms with Crippen molar-refractivity contribution >= 4 is 11.7 Å². The molecular formula is C11H11N2O4-. The standard InChI is InChI=1S/C11H11N2O4/c1-2-17-11(14)9(7-12)8-5-3-4-6-10(8)13(15)16/h3-6,9,15H,2H2,1H3/q-1/t9-/m0/s1. The number of ether oxygens (including phenoxy) is 1. The molecule has 90 valence electrons. The number of hydrogen-bond donors (Lipinski definition) is 1. The van der Waals surface area contributed by atoms with Gasteiger partial charge in [-0.2, -0.15) is 5.26 Å². The Balaban J connectivity index is 3.13. The lowest BCUT2D eigenvalue weighted by molar-refractivity contribution is -0.143. The van der Waals surface area contributed by atoms with Crippen molar-refractivity contribution in [2.45, 2.75) is 12.8 Å². The van der Waals surface area contributed by atoms with Crippen LogP contribution in [0.4, 0.5) is 5.69 Å². The van der Waals surface area contributed by atoms with Gasteiger partial charge in [0.15, 0.2) is 5.92 Å². The van der Waals surface area contributed by atoms with Crippen molar-refractivity contribution in [3.8, 4) is 6.07 Å². The molecule has 1 N–H and O–H groups in total. The largest absolute Gasteiger partial charge is 0.733 e. The zero-order valence-corrected chi connectivity index (χ0v) is 9.16. The van der Waals surface area contributed by atoms with E-state index in [1.807, 2.05) is 0 Å². The van der Waals surface area contributed by atoms with E-state index >= 15 is 0 Å². The summed E-state index contributed by atoms with van der Waals surface area (Å²) >= 11 is 0. The summed E-state index contributed by atoms with van der Waals surface area (Å²) < 4.78 is 4.72. The Labute approximate surface area is 98.2 Å². The van der Waals surface area contributed by atoms with Gasteiger partial charge in [-0.1, -0.05) is 18.2 Å². The van der Waals surface area contributed by atoms with Gasteiger partial charge in [0.1, 0.15) is 0 Å². The third-order valence-electron chi connectivity index (χ3n) is 2.11. The number of nitriles is 1. The molecule has 17 heavy (non-hydrogen) atoms. The van der Waals surface area contributed by atoms with Crippen molar-refractivity contribution in [2.24, 2.45) is 0 Å². The third-order valence-corrected chi connectivity index (χ3v) is 2.11. The highest BCUT2D eigenvalue weighted by Gasteiger charge is 2.24. The summed E-state index contributed by atoms with van der Waals surface area (Å²) in [6.07, 6.45) is 0. The fourth-order valence-corrected chi connectivity index (χ4v) is 1.38. The molecule has 0 aliphatic rings. The van der Waals surface area contributed by atoms with E-state index in [1.165, 1.54) is 18.2 Å². The van der Waals surface area contributed by atoms with Gasteiger partial charge in [-0.15, -0.1) is 0 Å². The molecule has 6 nitrogen and oxygen atoms in total. The van der Waals surface area contributed by atoms with Crippen LogP contribution in [0.1, 0.15) is 18.4 Å². The van der Waals surface area contributed by atoms with Gasteiger partial charge in [0.25, 0.3) is 0 Å². The zero-order chi connectivity index (χ0) is 12.8. The highest BCUT2D eigenvalue weighted by molar-refractivity contribution is 5.83. The second kappa shape index (κ2) is 5.84. The van der Waals surface area contributed by atoms with Gasteiger partial charge in [-0.3, -0.25) is 10.0 Å². The van der Waals surface area contributed by atoms with Crippen LogP contribution in [0.15, 0.2) is 24.3 Å². The molecule has 0 heterocycles. The van der Waals surface area contributed by atoms with Gasteiger partial charge in [-0.25, -0.2) is 0 Å². The lowest BCUT2D eigenvalue weighted by Gasteiger charge is -2.25. The van der Waals surface area contributed by atoms with E-state index in [9.17, 15) is 10.0 Å². The molecule has 0 aliphatic carbocycles. The van der Waals surface area contributed by atoms with Crippen LogP contribution in [-0.2, 0) is 9.53 Å². The molecule has 0 unspecified atom stereocenters. The fourth-order valence-electron chi connectivity index (χ4n) is 1.38. The van der Waals surface area contributed by atoms with Crippen molar-refractivity contribution in [1.29, 1.82) is 5.26 Å². The number of carbonyl (C=O) groups is 1. The molecule has 0 fully saturated rings. The Morgan fingerprint density at radius 2 is 2.29 bits per heavy atom. The summed E-state index contributed by atoms with van der Waals surface area (Å²) in [5, 5.41) is 28.3. The van der Waals surface area contributed by atoms with Crippen LogP contribution in [0, 0.1) is 16.5 Å². The smallest absolute Gasteiger partial charge is 0.327 e. The van der Waals surface area contributed by atoms with E-state index in [2.05, 4.69) is 0 Å². The minimum atomic E-state index is -1.23. The SMILES string of the molecule is CCOC(=O)[C@@H](C#N)c1ccccc1N([O-])O. The van der Waals surface area contributed by atoms with E-state index in [-0.39, 0.29) is 23.1 Å². The minimum absolute atomic E-state index is 0.117. The van der Waals surface area contributed by atoms with E-state index in [0.29, 0.717) is 0 Å². The Morgan fingerprint density at radius 3 is 2.82 bits per heavy atom. The fraction of sp³-hybridized carbons (Fsp3) is 0.273. The van der Waals surface area contributed by atoms with Crippen molar-refractivity contribution in [3.05, 3.63) is 35.0 Å². The molecule has 0 aromatic heterocycles. The number of hydrogen-bond acceptors (Lipinski definition) is 6. The van der Waals surface area contributed by atoms with Gasteiger partial charge < -0.3 is 15.2 Å². The summed E-state index contributed by atoms with van der Waals surface area (Å²) in [5.74, 6) is -1.97. The normalized spacial score (nSPS) is 11.4. The molecule has 0 spiro atoms. The Kier molecular flexibility index (Phi) is 4.46. The van der Waals surface area contributed by atoms with Crippen molar-refractivity contribution < 1.29 is 14.7 Å². The molecule has 0 saturated carbocycles. The Morgan fingerprint density at radius 1 is 1.65 bits per heavy atom. The van der Waals surface area contributed by atoms with E-state index in [1.54, 1.807) is 19.1 Å². The lowest BCUT2D eigenvalue weighted by Crippen LogP contribution is -2.18. The third kappa shape index (κ3) is 2.93. The molecule has 1 aromatic carbocycles. The summed E-state index contributed by atoms with van der Waals surface area (Å²) in [6, 6.07) is 7.55. The molecule has 6 heteroatoms. The molecule has 1 aromatic rings. The Bertz CT molecular complexity index is 439. The first kappa shape index (κ1) is 13.0. The van der Waals surface area contributed by atoms with Crippen LogP contribution in [0.25, 0.3) is 0 Å². The molecule has 0 bridgehead atoms. The van der Waals surface area contributed by atoms with Crippen molar-refractivity contribution in [3.63, 3.8) is 0 Å². The van der Waals surface area contributed by atoms with Crippen LogP contribution < -0.4 is 5.23 Å². The lowest BCUT2D eigenvalue weighted by atomic mass is 9.99. The minimum Gasteiger partial charge on any atom is -0.733 e. The predicted molar refractivity (Wildman–Crippen MR) is 59.1 cm³/mol. The number of benzene rings is 1. The molecule has 0 aliphatic heterocycles. The Hall–Kier alpha value is -2.10. The summed E-state index contributed by atoms with van der Waals surface area (Å²) in [7, 11) is 0. The summed E-state index contributed by atoms with van der Waals surface area (Å²) in [5.41, 5.74) is -0.0296. The highest BCUT2D eigenvalue weighted by Crippen LogP contribution is 2.27. The molecule has 1 rings (SSSR count). The molecule has 0 amide bonds. The van der Waals surface area contributed by atoms with Crippen LogP contribution in [0.2, 0.25) is 0 Å². The van der Waals surface area contributed by atoms with E-state index in [4.69, 9.17) is 15.2 Å². The van der Waals surface area contributed by atoms with Gasteiger partial charge in [0.05, 0.1) is 18.4 Å². The van der Waals surface area contributed by atoms with Crippen LogP contribution in [-0.4, -0.2) is 17.8 Å². The predicted octanol–water partition coefficient (Wildman–Crippen LogP) is 1.55. The number of nitrogens with zero attached hydrogens (tertiary/aromatic N) is 2. The summed E-state index contributed by atoms with van der Waals surface area (Å²) in [4.78, 5) is 11.5. The number of rotatable bonds is 4. The zero-order valence-electron chi connectivity index (χ0n) is 9.16. The second-order valence-corrected chi connectivity index (χ2v) is 3.15. The van der Waals surface area contributed by atoms with Gasteiger partial charge >= 0.3 is 5.97 Å². The maximum atomic E-state index is 11.5.